The van der Waals surface area contributed by atoms with Gasteiger partial charge in [0.15, 0.2) is 0 Å². The first-order valence-electron chi connectivity index (χ1n) is 15.6. The van der Waals surface area contributed by atoms with Crippen LogP contribution < -0.4 is 20.6 Å². The summed E-state index contributed by atoms with van der Waals surface area (Å²) in [6.07, 6.45) is 7.03. The molecule has 4 heterocycles. The Kier molecular flexibility index (Phi) is 4.78. The third-order valence-corrected chi connectivity index (χ3v) is 10.5. The van der Waals surface area contributed by atoms with Gasteiger partial charge in [0, 0.05) is 33.4 Å². The predicted molar refractivity (Wildman–Crippen MR) is 183 cm³/mol. The zero-order valence-corrected chi connectivity index (χ0v) is 24.7. The number of ether oxygens (including phenoxy) is 1. The van der Waals surface area contributed by atoms with E-state index in [9.17, 15) is 0 Å². The lowest BCUT2D eigenvalue weighted by Gasteiger charge is -2.46. The molecule has 1 aromatic heterocycles. The molecular weight excluding hydrogens is 535 g/mol. The summed E-state index contributed by atoms with van der Waals surface area (Å²) in [5.74, 6) is 2.29. The molecule has 2 atom stereocenters. The summed E-state index contributed by atoms with van der Waals surface area (Å²) in [5.41, 5.74) is 14.0. The van der Waals surface area contributed by atoms with Gasteiger partial charge in [0.1, 0.15) is 11.5 Å². The van der Waals surface area contributed by atoms with Crippen molar-refractivity contribution < 1.29 is 4.74 Å². The van der Waals surface area contributed by atoms with E-state index in [1.54, 1.807) is 0 Å². The number of allylic oxidation sites excluding steroid dienone is 3. The first kappa shape index (κ1) is 24.3. The molecule has 3 nitrogen and oxygen atoms in total. The molecule has 0 saturated heterocycles. The Morgan fingerprint density at radius 3 is 2.32 bits per heavy atom. The average Bonchev–Trinajstić information content (AvgIpc) is 3.54. The van der Waals surface area contributed by atoms with Crippen LogP contribution in [0, 0.1) is 0 Å². The number of anilines is 1. The van der Waals surface area contributed by atoms with Gasteiger partial charge in [0.05, 0.1) is 17.1 Å². The van der Waals surface area contributed by atoms with Crippen LogP contribution in [0.2, 0.25) is 5.82 Å². The fourth-order valence-electron chi connectivity index (χ4n) is 8.54. The van der Waals surface area contributed by atoms with Crippen LogP contribution in [0.5, 0.6) is 11.5 Å². The molecule has 0 saturated carbocycles. The maximum Gasteiger partial charge on any atom is 0.231 e. The molecule has 208 valence electrons. The van der Waals surface area contributed by atoms with E-state index in [1.807, 2.05) is 0 Å². The van der Waals surface area contributed by atoms with Gasteiger partial charge in [-0.2, -0.15) is 0 Å². The van der Waals surface area contributed by atoms with Crippen molar-refractivity contribution in [2.75, 3.05) is 4.90 Å². The van der Waals surface area contributed by atoms with E-state index in [2.05, 4.69) is 151 Å². The van der Waals surface area contributed by atoms with Gasteiger partial charge < -0.3 is 14.2 Å². The Labute approximate surface area is 257 Å². The molecule has 0 bridgehead atoms. The molecule has 2 unspecified atom stereocenters. The van der Waals surface area contributed by atoms with E-state index in [4.69, 9.17) is 4.74 Å². The fraction of sp³-hybridized carbons (Fsp3) is 0.100. The van der Waals surface area contributed by atoms with Crippen molar-refractivity contribution >= 4 is 45.1 Å². The number of nitrogens with zero attached hydrogens (tertiary/aromatic N) is 2. The van der Waals surface area contributed by atoms with Gasteiger partial charge in [0.25, 0.3) is 0 Å². The van der Waals surface area contributed by atoms with E-state index in [0.29, 0.717) is 11.9 Å². The number of hydrogen-bond acceptors (Lipinski definition) is 2. The van der Waals surface area contributed by atoms with Crippen LogP contribution in [0.1, 0.15) is 13.8 Å². The van der Waals surface area contributed by atoms with Gasteiger partial charge in [-0.1, -0.05) is 91.0 Å². The number of fused-ring (bicyclic) bond motifs is 7. The van der Waals surface area contributed by atoms with Crippen LogP contribution >= 0.6 is 0 Å². The molecule has 0 radical (unpaired) electrons. The molecule has 4 aliphatic rings. The van der Waals surface area contributed by atoms with Gasteiger partial charge in [-0.15, -0.1) is 0 Å². The Balaban J connectivity index is 1.16. The largest absolute Gasteiger partial charge is 0.458 e. The molecule has 0 spiro atoms. The molecule has 0 N–H and O–H groups in total. The first-order chi connectivity index (χ1) is 21.7. The maximum absolute atomic E-state index is 6.94. The molecule has 3 aliphatic heterocycles. The molecule has 1 aliphatic carbocycles. The normalized spacial score (nSPS) is 19.2. The van der Waals surface area contributed by atoms with Crippen LogP contribution in [-0.4, -0.2) is 17.3 Å². The monoisotopic (exact) mass is 564 g/mol. The minimum atomic E-state index is 0.227. The van der Waals surface area contributed by atoms with Gasteiger partial charge in [-0.3, -0.25) is 0 Å². The second-order valence-corrected chi connectivity index (χ2v) is 12.5. The van der Waals surface area contributed by atoms with E-state index in [1.165, 1.54) is 55.3 Å². The van der Waals surface area contributed by atoms with Gasteiger partial charge >= 0.3 is 0 Å². The highest BCUT2D eigenvalue weighted by Crippen LogP contribution is 2.51. The van der Waals surface area contributed by atoms with Crippen molar-refractivity contribution in [2.45, 2.75) is 25.7 Å². The van der Waals surface area contributed by atoms with Gasteiger partial charge in [-0.25, -0.2) is 0 Å². The molecule has 6 aromatic rings. The maximum atomic E-state index is 6.94. The highest BCUT2D eigenvalue weighted by atomic mass is 16.5. The number of rotatable bonds is 2. The summed E-state index contributed by atoms with van der Waals surface area (Å²) in [6.45, 7) is 4.77. The van der Waals surface area contributed by atoms with Crippen LogP contribution in [0.25, 0.3) is 38.6 Å². The summed E-state index contributed by atoms with van der Waals surface area (Å²) < 4.78 is 9.33. The third kappa shape index (κ3) is 3.03. The van der Waals surface area contributed by atoms with E-state index in [0.717, 1.165) is 28.3 Å². The SMILES string of the molecule is CC1=C(C)N2c3cccc4c3B(c3cccc(-c5cccc(-n6c7ccccc7c7ccccc76)c5)c3O4)C3C=CC=C1C32. The molecule has 4 heteroatoms. The zero-order valence-electron chi connectivity index (χ0n) is 24.7. The van der Waals surface area contributed by atoms with Crippen LogP contribution in [0.3, 0.4) is 0 Å². The summed E-state index contributed by atoms with van der Waals surface area (Å²) >= 11 is 0. The summed E-state index contributed by atoms with van der Waals surface area (Å²) in [6, 6.07) is 40.0. The molecular formula is C40H29BN2O. The summed E-state index contributed by atoms with van der Waals surface area (Å²) in [5, 5.41) is 2.54. The minimum Gasteiger partial charge on any atom is -0.458 e. The van der Waals surface area contributed by atoms with Crippen molar-refractivity contribution in [3.05, 3.63) is 144 Å². The fourth-order valence-corrected chi connectivity index (χ4v) is 8.54. The Bertz CT molecular complexity index is 2270. The third-order valence-electron chi connectivity index (χ3n) is 10.5. The molecule has 44 heavy (non-hydrogen) atoms. The Morgan fingerprint density at radius 2 is 1.50 bits per heavy atom. The van der Waals surface area contributed by atoms with E-state index in [-0.39, 0.29) is 6.71 Å². The van der Waals surface area contributed by atoms with Crippen LogP contribution in [-0.2, 0) is 0 Å². The topological polar surface area (TPSA) is 17.4 Å². The van der Waals surface area contributed by atoms with Crippen molar-refractivity contribution in [3.63, 3.8) is 0 Å². The Hall–Kier alpha value is -5.22. The molecule has 5 aromatic carbocycles. The standard InChI is InChI=1S/C40H29BN2O/c1-24-25(2)42-36-21-10-22-37-38(36)41(32-17-8-15-28(24)39(32)42)33-18-9-16-29(40(33)44-37)26-11-7-12-27(23-26)43-34-19-5-3-13-30(34)31-14-4-6-20-35(31)43/h3-23,32,39H,1-2H3. The lowest BCUT2D eigenvalue weighted by molar-refractivity contribution is 0.487. The van der Waals surface area contributed by atoms with Crippen LogP contribution in [0.15, 0.2) is 144 Å². The van der Waals surface area contributed by atoms with Crippen molar-refractivity contribution in [2.24, 2.45) is 0 Å². The highest BCUT2D eigenvalue weighted by Gasteiger charge is 2.52. The smallest absolute Gasteiger partial charge is 0.231 e. The summed E-state index contributed by atoms with van der Waals surface area (Å²) in [7, 11) is 0. The quantitative estimate of drug-likeness (QED) is 0.196. The number of aromatic nitrogens is 1. The second-order valence-electron chi connectivity index (χ2n) is 12.5. The van der Waals surface area contributed by atoms with Crippen molar-refractivity contribution in [1.82, 2.24) is 4.57 Å². The van der Waals surface area contributed by atoms with Crippen molar-refractivity contribution in [1.29, 1.82) is 0 Å². The number of para-hydroxylation sites is 3. The Morgan fingerprint density at radius 1 is 0.750 bits per heavy atom. The summed E-state index contributed by atoms with van der Waals surface area (Å²) in [4.78, 5) is 2.57. The number of benzene rings is 5. The molecule has 10 rings (SSSR count). The lowest BCUT2D eigenvalue weighted by Crippen LogP contribution is -2.60. The van der Waals surface area contributed by atoms with Crippen LogP contribution in [0.4, 0.5) is 5.69 Å². The second kappa shape index (κ2) is 8.67. The lowest BCUT2D eigenvalue weighted by atomic mass is 9.29. The van der Waals surface area contributed by atoms with Crippen molar-refractivity contribution in [3.8, 4) is 28.3 Å². The van der Waals surface area contributed by atoms with Gasteiger partial charge in [-0.05, 0) is 83.7 Å². The minimum absolute atomic E-state index is 0.227. The zero-order chi connectivity index (χ0) is 29.1. The first-order valence-corrected chi connectivity index (χ1v) is 15.6. The average molecular weight is 564 g/mol. The van der Waals surface area contributed by atoms with E-state index >= 15 is 0 Å². The highest BCUT2D eigenvalue weighted by molar-refractivity contribution is 6.90. The molecule has 0 amide bonds. The number of hydrogen-bond donors (Lipinski definition) is 0. The van der Waals surface area contributed by atoms with E-state index < -0.39 is 0 Å². The van der Waals surface area contributed by atoms with Gasteiger partial charge in [0.2, 0.25) is 6.71 Å². The molecule has 0 fully saturated rings. The predicted octanol–water partition coefficient (Wildman–Crippen LogP) is 8.53.